The Labute approximate surface area is 116 Å². The molecule has 98 valence electrons. The van der Waals surface area contributed by atoms with Crippen LogP contribution in [0.15, 0.2) is 22.7 Å². The summed E-state index contributed by atoms with van der Waals surface area (Å²) in [5.41, 5.74) is 3.73. The Kier molecular flexibility index (Phi) is 4.58. The van der Waals surface area contributed by atoms with Crippen LogP contribution >= 0.6 is 11.8 Å². The van der Waals surface area contributed by atoms with Gasteiger partial charge in [0.2, 0.25) is 5.89 Å². The highest BCUT2D eigenvalue weighted by Crippen LogP contribution is 2.14. The Balaban J connectivity index is 1.99. The maximum absolute atomic E-state index is 8.46. The quantitative estimate of drug-likeness (QED) is 0.783. The highest BCUT2D eigenvalue weighted by molar-refractivity contribution is 7.98. The average molecular weight is 273 g/mol. The van der Waals surface area contributed by atoms with E-state index < -0.39 is 0 Å². The van der Waals surface area contributed by atoms with Gasteiger partial charge in [0.05, 0.1) is 17.6 Å². The molecule has 0 aliphatic heterocycles. The Morgan fingerprint density at radius 3 is 2.89 bits per heavy atom. The van der Waals surface area contributed by atoms with Gasteiger partial charge >= 0.3 is 0 Å². The first kappa shape index (κ1) is 13.6. The fraction of sp³-hybridized carbons (Fsp3) is 0.357. The lowest BCUT2D eigenvalue weighted by molar-refractivity contribution is 0.386. The number of aromatic nitrogens is 2. The van der Waals surface area contributed by atoms with Gasteiger partial charge in [0, 0.05) is 6.42 Å². The van der Waals surface area contributed by atoms with Gasteiger partial charge < -0.3 is 4.52 Å². The van der Waals surface area contributed by atoms with Crippen molar-refractivity contribution in [2.45, 2.75) is 26.0 Å². The third-order valence-corrected chi connectivity index (χ3v) is 3.62. The van der Waals surface area contributed by atoms with Gasteiger partial charge in [-0.05, 0) is 30.5 Å². The van der Waals surface area contributed by atoms with Crippen LogP contribution in [0.25, 0.3) is 0 Å². The highest BCUT2D eigenvalue weighted by Gasteiger charge is 2.07. The molecule has 1 aromatic heterocycles. The zero-order valence-electron chi connectivity index (χ0n) is 11.0. The monoisotopic (exact) mass is 273 g/mol. The van der Waals surface area contributed by atoms with E-state index in [-0.39, 0.29) is 0 Å². The highest BCUT2D eigenvalue weighted by atomic mass is 32.2. The lowest BCUT2D eigenvalue weighted by Gasteiger charge is -2.02. The van der Waals surface area contributed by atoms with E-state index in [9.17, 15) is 0 Å². The van der Waals surface area contributed by atoms with Crippen molar-refractivity contribution >= 4 is 11.8 Å². The minimum atomic E-state index is 0.439. The summed E-state index contributed by atoms with van der Waals surface area (Å²) in [5.74, 6) is 2.30. The molecule has 1 heterocycles. The Bertz CT molecular complexity index is 601. The van der Waals surface area contributed by atoms with Crippen LogP contribution in [0.1, 0.15) is 28.4 Å². The smallest absolute Gasteiger partial charge is 0.236 e. The second-order valence-corrected chi connectivity index (χ2v) is 5.34. The largest absolute Gasteiger partial charge is 0.338 e. The molecule has 2 aromatic rings. The van der Waals surface area contributed by atoms with Crippen LogP contribution in [0.2, 0.25) is 0 Å². The second kappa shape index (κ2) is 6.39. The number of benzene rings is 1. The van der Waals surface area contributed by atoms with Crippen molar-refractivity contribution in [1.29, 1.82) is 5.26 Å². The first-order valence-corrected chi connectivity index (χ1v) is 7.17. The molecule has 1 aromatic carbocycles. The van der Waals surface area contributed by atoms with E-state index in [1.54, 1.807) is 0 Å². The molecule has 0 aliphatic rings. The van der Waals surface area contributed by atoms with Crippen LogP contribution in [-0.4, -0.2) is 15.9 Å². The Morgan fingerprint density at radius 2 is 2.16 bits per heavy atom. The van der Waals surface area contributed by atoms with E-state index >= 15 is 0 Å². The molecular weight excluding hydrogens is 258 g/mol. The third kappa shape index (κ3) is 3.83. The van der Waals surface area contributed by atoms with Gasteiger partial charge in [-0.25, -0.2) is 0 Å². The molecule has 0 aliphatic carbocycles. The summed E-state index contributed by atoms with van der Waals surface area (Å²) in [6.07, 6.45) is 0.674. The Morgan fingerprint density at radius 1 is 1.32 bits per heavy atom. The summed E-state index contributed by atoms with van der Waals surface area (Å²) in [5, 5.41) is 12.4. The molecule has 0 saturated heterocycles. The molecule has 19 heavy (non-hydrogen) atoms. The molecule has 0 atom stereocenters. The zero-order valence-corrected chi connectivity index (χ0v) is 11.8. The maximum Gasteiger partial charge on any atom is 0.236 e. The molecule has 0 saturated carbocycles. The lowest BCUT2D eigenvalue weighted by Crippen LogP contribution is -1.93. The van der Waals surface area contributed by atoms with Crippen LogP contribution in [0.4, 0.5) is 0 Å². The average Bonchev–Trinajstić information content (AvgIpc) is 2.82. The van der Waals surface area contributed by atoms with E-state index in [4.69, 9.17) is 9.78 Å². The zero-order chi connectivity index (χ0) is 13.7. The summed E-state index contributed by atoms with van der Waals surface area (Å²) in [6, 6.07) is 8.41. The molecule has 0 N–H and O–H groups in total. The predicted molar refractivity (Wildman–Crippen MR) is 74.8 cm³/mol. The van der Waals surface area contributed by atoms with Crippen LogP contribution in [-0.2, 0) is 12.2 Å². The third-order valence-electron chi connectivity index (χ3n) is 2.84. The van der Waals surface area contributed by atoms with Crippen LogP contribution < -0.4 is 0 Å². The van der Waals surface area contributed by atoms with Gasteiger partial charge in [-0.1, -0.05) is 23.4 Å². The van der Waals surface area contributed by atoms with E-state index in [0.29, 0.717) is 29.6 Å². The van der Waals surface area contributed by atoms with Crippen molar-refractivity contribution in [3.05, 3.63) is 46.6 Å². The van der Waals surface area contributed by atoms with Crippen molar-refractivity contribution < 1.29 is 4.52 Å². The molecule has 5 heteroatoms. The van der Waals surface area contributed by atoms with Crippen LogP contribution in [0.5, 0.6) is 0 Å². The van der Waals surface area contributed by atoms with Gasteiger partial charge in [-0.15, -0.1) is 11.8 Å². The first-order chi connectivity index (χ1) is 9.19. The molecule has 0 fully saturated rings. The molecule has 0 unspecified atom stereocenters. The van der Waals surface area contributed by atoms with Gasteiger partial charge in [-0.2, -0.15) is 10.2 Å². The predicted octanol–water partition coefficient (Wildman–Crippen LogP) is 3.03. The fourth-order valence-electron chi connectivity index (χ4n) is 1.70. The van der Waals surface area contributed by atoms with Gasteiger partial charge in [0.1, 0.15) is 0 Å². The Hall–Kier alpha value is -1.80. The number of rotatable bonds is 5. The molecule has 0 radical (unpaired) electrons. The van der Waals surface area contributed by atoms with Crippen LogP contribution in [0, 0.1) is 25.2 Å². The molecular formula is C14H15N3OS. The minimum Gasteiger partial charge on any atom is -0.338 e. The maximum atomic E-state index is 8.46. The molecule has 0 amide bonds. The van der Waals surface area contributed by atoms with E-state index in [0.717, 1.165) is 0 Å². The fourth-order valence-corrected chi connectivity index (χ4v) is 2.19. The molecule has 0 spiro atoms. The van der Waals surface area contributed by atoms with E-state index in [1.807, 2.05) is 0 Å². The van der Waals surface area contributed by atoms with Crippen molar-refractivity contribution in [3.63, 3.8) is 0 Å². The summed E-state index contributed by atoms with van der Waals surface area (Å²) in [6.45, 7) is 4.19. The summed E-state index contributed by atoms with van der Waals surface area (Å²) < 4.78 is 5.15. The summed E-state index contributed by atoms with van der Waals surface area (Å²) >= 11 is 1.47. The standard InChI is InChI=1S/C14H15N3OS/c1-10-3-4-12(7-11(10)2)8-13-16-14(18-17-13)9-19-6-5-15/h3-4,7H,6,8-9H2,1-2H3. The van der Waals surface area contributed by atoms with Gasteiger partial charge in [0.25, 0.3) is 0 Å². The number of aryl methyl sites for hydroxylation is 2. The summed E-state index contributed by atoms with van der Waals surface area (Å²) in [7, 11) is 0. The second-order valence-electron chi connectivity index (χ2n) is 4.35. The normalized spacial score (nSPS) is 10.4. The van der Waals surface area contributed by atoms with E-state index in [2.05, 4.69) is 48.3 Å². The number of hydrogen-bond acceptors (Lipinski definition) is 5. The molecule has 4 nitrogen and oxygen atoms in total. The minimum absolute atomic E-state index is 0.439. The number of thioether (sulfide) groups is 1. The van der Waals surface area contributed by atoms with Crippen molar-refractivity contribution in [1.82, 2.24) is 10.1 Å². The van der Waals surface area contributed by atoms with Gasteiger partial charge in [0.15, 0.2) is 5.82 Å². The summed E-state index contributed by atoms with van der Waals surface area (Å²) in [4.78, 5) is 4.32. The van der Waals surface area contributed by atoms with Gasteiger partial charge in [-0.3, -0.25) is 0 Å². The van der Waals surface area contributed by atoms with Crippen molar-refractivity contribution in [3.8, 4) is 6.07 Å². The first-order valence-electron chi connectivity index (χ1n) is 6.01. The van der Waals surface area contributed by atoms with Crippen molar-refractivity contribution in [2.24, 2.45) is 0 Å². The molecule has 0 bridgehead atoms. The SMILES string of the molecule is Cc1ccc(Cc2noc(CSCC#N)n2)cc1C. The number of nitrogens with zero attached hydrogens (tertiary/aromatic N) is 3. The number of hydrogen-bond donors (Lipinski definition) is 0. The van der Waals surface area contributed by atoms with Crippen molar-refractivity contribution in [2.75, 3.05) is 5.75 Å². The van der Waals surface area contributed by atoms with Crippen LogP contribution in [0.3, 0.4) is 0 Å². The topological polar surface area (TPSA) is 62.7 Å². The lowest BCUT2D eigenvalue weighted by atomic mass is 10.0. The molecule has 2 rings (SSSR count). The number of nitriles is 1. The van der Waals surface area contributed by atoms with E-state index in [1.165, 1.54) is 28.5 Å².